The van der Waals surface area contributed by atoms with Crippen LogP contribution >= 0.6 is 0 Å². The summed E-state index contributed by atoms with van der Waals surface area (Å²) in [5, 5.41) is 5.32. The molecular formula is C15H17N3O2. The van der Waals surface area contributed by atoms with E-state index in [0.29, 0.717) is 13.2 Å². The molecule has 1 fully saturated rings. The number of allylic oxidation sites excluding steroid dienone is 1. The number of aryl methyl sites for hydroxylation is 1. The lowest BCUT2D eigenvalue weighted by Gasteiger charge is -2.30. The molecule has 0 bridgehead atoms. The van der Waals surface area contributed by atoms with Crippen molar-refractivity contribution in [3.63, 3.8) is 0 Å². The van der Waals surface area contributed by atoms with Crippen molar-refractivity contribution in [2.24, 2.45) is 7.05 Å². The normalized spacial score (nSPS) is 21.6. The predicted molar refractivity (Wildman–Crippen MR) is 75.0 cm³/mol. The fraction of sp³-hybridized carbons (Fsp3) is 0.467. The first kappa shape index (κ1) is 12.1. The van der Waals surface area contributed by atoms with Gasteiger partial charge in [0.15, 0.2) is 11.4 Å². The SMILES string of the molecule is Cn1ncc2cc(C3=CCC4(CC3)OCCO4)cnc21. The van der Waals surface area contributed by atoms with Crippen LogP contribution < -0.4 is 0 Å². The minimum absolute atomic E-state index is 0.352. The third-order valence-corrected chi connectivity index (χ3v) is 4.19. The molecule has 1 spiro atoms. The first-order valence-corrected chi connectivity index (χ1v) is 7.01. The van der Waals surface area contributed by atoms with E-state index in [4.69, 9.17) is 9.47 Å². The molecule has 2 aliphatic rings. The monoisotopic (exact) mass is 271 g/mol. The van der Waals surface area contributed by atoms with Gasteiger partial charge in [-0.15, -0.1) is 0 Å². The van der Waals surface area contributed by atoms with Crippen LogP contribution in [0.15, 0.2) is 24.5 Å². The highest BCUT2D eigenvalue weighted by atomic mass is 16.7. The van der Waals surface area contributed by atoms with Gasteiger partial charge >= 0.3 is 0 Å². The summed E-state index contributed by atoms with van der Waals surface area (Å²) < 4.78 is 13.3. The summed E-state index contributed by atoms with van der Waals surface area (Å²) in [5.41, 5.74) is 3.43. The van der Waals surface area contributed by atoms with Crippen molar-refractivity contribution >= 4 is 16.6 Å². The van der Waals surface area contributed by atoms with Gasteiger partial charge in [0, 0.05) is 31.5 Å². The third-order valence-electron chi connectivity index (χ3n) is 4.19. The maximum absolute atomic E-state index is 5.74. The Kier molecular flexibility index (Phi) is 2.65. The number of aromatic nitrogens is 3. The van der Waals surface area contributed by atoms with Gasteiger partial charge in [0.05, 0.1) is 19.4 Å². The van der Waals surface area contributed by atoms with Crippen molar-refractivity contribution in [1.29, 1.82) is 0 Å². The molecule has 0 N–H and O–H groups in total. The number of ether oxygens (including phenoxy) is 2. The molecule has 5 heteroatoms. The topological polar surface area (TPSA) is 49.2 Å². The van der Waals surface area contributed by atoms with Crippen molar-refractivity contribution in [3.05, 3.63) is 30.1 Å². The summed E-state index contributed by atoms with van der Waals surface area (Å²) in [4.78, 5) is 4.50. The van der Waals surface area contributed by atoms with E-state index in [-0.39, 0.29) is 5.79 Å². The molecule has 20 heavy (non-hydrogen) atoms. The second-order valence-corrected chi connectivity index (χ2v) is 5.45. The van der Waals surface area contributed by atoms with Crippen LogP contribution in [0.25, 0.3) is 16.6 Å². The van der Waals surface area contributed by atoms with Gasteiger partial charge in [-0.25, -0.2) is 4.98 Å². The Morgan fingerprint density at radius 1 is 1.25 bits per heavy atom. The van der Waals surface area contributed by atoms with E-state index in [9.17, 15) is 0 Å². The summed E-state index contributed by atoms with van der Waals surface area (Å²) >= 11 is 0. The van der Waals surface area contributed by atoms with Crippen molar-refractivity contribution in [3.8, 4) is 0 Å². The van der Waals surface area contributed by atoms with Crippen LogP contribution in [0, 0.1) is 0 Å². The van der Waals surface area contributed by atoms with Gasteiger partial charge in [-0.1, -0.05) is 6.08 Å². The van der Waals surface area contributed by atoms with Crippen LogP contribution in [0.2, 0.25) is 0 Å². The summed E-state index contributed by atoms with van der Waals surface area (Å²) in [5.74, 6) is -0.352. The Labute approximate surface area is 117 Å². The Bertz CT molecular complexity index is 683. The fourth-order valence-electron chi connectivity index (χ4n) is 3.05. The molecule has 0 aromatic carbocycles. The van der Waals surface area contributed by atoms with E-state index >= 15 is 0 Å². The molecule has 104 valence electrons. The molecule has 5 nitrogen and oxygen atoms in total. The van der Waals surface area contributed by atoms with Crippen molar-refractivity contribution in [1.82, 2.24) is 14.8 Å². The van der Waals surface area contributed by atoms with Crippen LogP contribution in [0.3, 0.4) is 0 Å². The largest absolute Gasteiger partial charge is 0.347 e. The molecule has 1 aliphatic heterocycles. The molecule has 2 aromatic rings. The van der Waals surface area contributed by atoms with E-state index in [1.165, 1.54) is 11.1 Å². The number of nitrogens with zero attached hydrogens (tertiary/aromatic N) is 3. The van der Waals surface area contributed by atoms with E-state index in [2.05, 4.69) is 22.2 Å². The first-order chi connectivity index (χ1) is 9.76. The molecule has 1 aliphatic carbocycles. The average molecular weight is 271 g/mol. The zero-order valence-electron chi connectivity index (χ0n) is 11.5. The molecule has 2 aromatic heterocycles. The van der Waals surface area contributed by atoms with Crippen molar-refractivity contribution < 1.29 is 9.47 Å². The molecule has 0 radical (unpaired) electrons. The second-order valence-electron chi connectivity index (χ2n) is 5.45. The number of rotatable bonds is 1. The molecule has 3 heterocycles. The van der Waals surface area contributed by atoms with Gasteiger partial charge in [0.25, 0.3) is 0 Å². The van der Waals surface area contributed by atoms with Gasteiger partial charge in [-0.2, -0.15) is 5.10 Å². The van der Waals surface area contributed by atoms with Gasteiger partial charge in [-0.05, 0) is 23.6 Å². The lowest BCUT2D eigenvalue weighted by molar-refractivity contribution is -0.159. The van der Waals surface area contributed by atoms with Gasteiger partial charge in [0.2, 0.25) is 0 Å². The Balaban J connectivity index is 1.64. The fourth-order valence-corrected chi connectivity index (χ4v) is 3.05. The van der Waals surface area contributed by atoms with Gasteiger partial charge in [0.1, 0.15) is 0 Å². The number of hydrogen-bond acceptors (Lipinski definition) is 4. The van der Waals surface area contributed by atoms with Crippen LogP contribution in [0.5, 0.6) is 0 Å². The van der Waals surface area contributed by atoms with E-state index in [0.717, 1.165) is 30.3 Å². The molecule has 1 saturated heterocycles. The first-order valence-electron chi connectivity index (χ1n) is 7.01. The van der Waals surface area contributed by atoms with E-state index < -0.39 is 0 Å². The van der Waals surface area contributed by atoms with Gasteiger partial charge < -0.3 is 9.47 Å². The van der Waals surface area contributed by atoms with Crippen LogP contribution in [-0.4, -0.2) is 33.8 Å². The van der Waals surface area contributed by atoms with E-state index in [1.54, 1.807) is 4.68 Å². The molecule has 0 atom stereocenters. The minimum atomic E-state index is -0.352. The standard InChI is InChI=1S/C15H17N3O2/c1-18-14-13(10-17-18)8-12(9-16-14)11-2-4-15(5-3-11)19-6-7-20-15/h2,8-10H,3-7H2,1H3. The zero-order chi connectivity index (χ0) is 13.6. The molecule has 0 saturated carbocycles. The van der Waals surface area contributed by atoms with Crippen molar-refractivity contribution in [2.45, 2.75) is 25.0 Å². The summed E-state index contributed by atoms with van der Waals surface area (Å²) in [7, 11) is 1.91. The smallest absolute Gasteiger partial charge is 0.172 e. The highest BCUT2D eigenvalue weighted by Gasteiger charge is 2.37. The minimum Gasteiger partial charge on any atom is -0.347 e. The highest BCUT2D eigenvalue weighted by molar-refractivity contribution is 5.80. The average Bonchev–Trinajstić information content (AvgIpc) is 3.08. The van der Waals surface area contributed by atoms with Crippen LogP contribution in [0.1, 0.15) is 24.8 Å². The quantitative estimate of drug-likeness (QED) is 0.798. The maximum atomic E-state index is 5.74. The Hall–Kier alpha value is -1.72. The second kappa shape index (κ2) is 4.40. The molecular weight excluding hydrogens is 254 g/mol. The number of pyridine rings is 1. The number of fused-ring (bicyclic) bond motifs is 1. The molecule has 0 unspecified atom stereocenters. The Morgan fingerprint density at radius 2 is 2.10 bits per heavy atom. The number of hydrogen-bond donors (Lipinski definition) is 0. The van der Waals surface area contributed by atoms with Crippen molar-refractivity contribution in [2.75, 3.05) is 13.2 Å². The van der Waals surface area contributed by atoms with Crippen LogP contribution in [0.4, 0.5) is 0 Å². The summed E-state index contributed by atoms with van der Waals surface area (Å²) in [6, 6.07) is 2.16. The lowest BCUT2D eigenvalue weighted by Crippen LogP contribution is -2.31. The predicted octanol–water partition coefficient (Wildman–Crippen LogP) is 2.28. The summed E-state index contributed by atoms with van der Waals surface area (Å²) in [6.45, 7) is 1.43. The Morgan fingerprint density at radius 3 is 2.85 bits per heavy atom. The van der Waals surface area contributed by atoms with E-state index in [1.807, 2.05) is 19.4 Å². The molecule has 4 rings (SSSR count). The zero-order valence-corrected chi connectivity index (χ0v) is 11.5. The van der Waals surface area contributed by atoms with Crippen LogP contribution in [-0.2, 0) is 16.5 Å². The summed E-state index contributed by atoms with van der Waals surface area (Å²) in [6.07, 6.45) is 8.74. The highest BCUT2D eigenvalue weighted by Crippen LogP contribution is 2.38. The van der Waals surface area contributed by atoms with Gasteiger partial charge in [-0.3, -0.25) is 4.68 Å². The maximum Gasteiger partial charge on any atom is 0.172 e. The third kappa shape index (κ3) is 1.85. The molecule has 0 amide bonds. The lowest BCUT2D eigenvalue weighted by atomic mass is 9.90.